The molecule has 0 radical (unpaired) electrons. The first-order valence-corrected chi connectivity index (χ1v) is 6.68. The molecular weight excluding hydrogens is 214 g/mol. The first-order valence-electron chi connectivity index (χ1n) is 6.68. The quantitative estimate of drug-likeness (QED) is 0.772. The van der Waals surface area contributed by atoms with Gasteiger partial charge in [0.25, 0.3) is 0 Å². The molecule has 1 aromatic rings. The molecule has 1 aliphatic rings. The standard InChI is InChI=1S/C14H23NO2/c1-17-11-4-2-3-9-15-10-8-12-13(15)6-5-7-14(12)16/h8,10,14,16H,2-7,9,11H2,1H3. The molecule has 3 nitrogen and oxygen atoms in total. The van der Waals surface area contributed by atoms with Gasteiger partial charge in [0.2, 0.25) is 0 Å². The molecule has 0 spiro atoms. The van der Waals surface area contributed by atoms with Crippen molar-refractivity contribution in [3.8, 4) is 0 Å². The summed E-state index contributed by atoms with van der Waals surface area (Å²) in [5.41, 5.74) is 2.52. The first kappa shape index (κ1) is 12.7. The Hall–Kier alpha value is -0.800. The second kappa shape index (κ2) is 6.22. The monoisotopic (exact) mass is 237 g/mol. The van der Waals surface area contributed by atoms with E-state index in [-0.39, 0.29) is 6.10 Å². The molecule has 0 aromatic carbocycles. The summed E-state index contributed by atoms with van der Waals surface area (Å²) in [7, 11) is 1.75. The molecule has 3 heteroatoms. The SMILES string of the molecule is COCCCCCn1ccc2c1CCCC2O. The predicted octanol–water partition coefficient (Wildman–Crippen LogP) is 2.67. The molecule has 0 bridgehead atoms. The molecule has 1 aromatic heterocycles. The number of aliphatic hydroxyl groups is 1. The molecule has 96 valence electrons. The van der Waals surface area contributed by atoms with Crippen LogP contribution in [0.4, 0.5) is 0 Å². The van der Waals surface area contributed by atoms with Crippen LogP contribution in [0.3, 0.4) is 0 Å². The molecule has 17 heavy (non-hydrogen) atoms. The molecule has 1 atom stereocenters. The van der Waals surface area contributed by atoms with Crippen molar-refractivity contribution in [2.24, 2.45) is 0 Å². The maximum atomic E-state index is 9.89. The van der Waals surface area contributed by atoms with Crippen LogP contribution in [0.1, 0.15) is 49.5 Å². The zero-order valence-electron chi connectivity index (χ0n) is 10.7. The molecule has 1 unspecified atom stereocenters. The van der Waals surface area contributed by atoms with Gasteiger partial charge < -0.3 is 14.4 Å². The zero-order valence-corrected chi connectivity index (χ0v) is 10.7. The minimum absolute atomic E-state index is 0.228. The van der Waals surface area contributed by atoms with Gasteiger partial charge in [0.1, 0.15) is 0 Å². The minimum atomic E-state index is -0.228. The summed E-state index contributed by atoms with van der Waals surface area (Å²) in [6.45, 7) is 1.94. The number of unbranched alkanes of at least 4 members (excludes halogenated alkanes) is 2. The summed E-state index contributed by atoms with van der Waals surface area (Å²) < 4.78 is 7.37. The Morgan fingerprint density at radius 1 is 1.41 bits per heavy atom. The normalized spacial score (nSPS) is 19.3. The second-order valence-corrected chi connectivity index (χ2v) is 4.87. The summed E-state index contributed by atoms with van der Waals surface area (Å²) >= 11 is 0. The van der Waals surface area contributed by atoms with Crippen molar-refractivity contribution in [2.75, 3.05) is 13.7 Å². The Bertz CT molecular complexity index is 346. The lowest BCUT2D eigenvalue weighted by Crippen LogP contribution is -2.12. The number of aliphatic hydroxyl groups excluding tert-OH is 1. The maximum absolute atomic E-state index is 9.89. The van der Waals surface area contributed by atoms with Crippen LogP contribution >= 0.6 is 0 Å². The van der Waals surface area contributed by atoms with Gasteiger partial charge >= 0.3 is 0 Å². The van der Waals surface area contributed by atoms with Gasteiger partial charge in [-0.2, -0.15) is 0 Å². The van der Waals surface area contributed by atoms with Gasteiger partial charge in [0.15, 0.2) is 0 Å². The largest absolute Gasteiger partial charge is 0.388 e. The lowest BCUT2D eigenvalue weighted by molar-refractivity contribution is 0.155. The van der Waals surface area contributed by atoms with Crippen molar-refractivity contribution in [3.63, 3.8) is 0 Å². The van der Waals surface area contributed by atoms with E-state index in [0.29, 0.717) is 0 Å². The lowest BCUT2D eigenvalue weighted by Gasteiger charge is -2.20. The molecule has 0 amide bonds. The molecule has 0 saturated heterocycles. The van der Waals surface area contributed by atoms with Crippen molar-refractivity contribution in [3.05, 3.63) is 23.5 Å². The topological polar surface area (TPSA) is 34.4 Å². The Kier molecular flexibility index (Phi) is 4.63. The summed E-state index contributed by atoms with van der Waals surface area (Å²) in [6, 6.07) is 2.09. The third-order valence-electron chi connectivity index (χ3n) is 3.61. The summed E-state index contributed by atoms with van der Waals surface area (Å²) in [5, 5.41) is 9.89. The van der Waals surface area contributed by atoms with Gasteiger partial charge in [-0.1, -0.05) is 0 Å². The van der Waals surface area contributed by atoms with Gasteiger partial charge in [0, 0.05) is 37.7 Å². The van der Waals surface area contributed by atoms with Crippen LogP contribution in [0.25, 0.3) is 0 Å². The Morgan fingerprint density at radius 2 is 2.29 bits per heavy atom. The van der Waals surface area contributed by atoms with E-state index in [2.05, 4.69) is 16.8 Å². The van der Waals surface area contributed by atoms with E-state index in [1.807, 2.05) is 0 Å². The summed E-state index contributed by atoms with van der Waals surface area (Å²) in [6.07, 6.45) is 8.61. The van der Waals surface area contributed by atoms with E-state index in [1.165, 1.54) is 18.5 Å². The lowest BCUT2D eigenvalue weighted by atomic mass is 9.95. The highest BCUT2D eigenvalue weighted by atomic mass is 16.5. The summed E-state index contributed by atoms with van der Waals surface area (Å²) in [5.74, 6) is 0. The van der Waals surface area contributed by atoms with Crippen LogP contribution < -0.4 is 0 Å². The average Bonchev–Trinajstić information content (AvgIpc) is 2.74. The zero-order chi connectivity index (χ0) is 12.1. The molecule has 0 fully saturated rings. The molecule has 1 heterocycles. The van der Waals surface area contributed by atoms with Crippen molar-refractivity contribution in [2.45, 2.75) is 51.2 Å². The second-order valence-electron chi connectivity index (χ2n) is 4.87. The number of hydrogen-bond acceptors (Lipinski definition) is 2. The third kappa shape index (κ3) is 3.11. The van der Waals surface area contributed by atoms with E-state index in [9.17, 15) is 5.11 Å². The first-order chi connectivity index (χ1) is 8.33. The highest BCUT2D eigenvalue weighted by molar-refractivity contribution is 5.27. The van der Waals surface area contributed by atoms with Crippen LogP contribution in [0, 0.1) is 0 Å². The molecule has 1 N–H and O–H groups in total. The summed E-state index contributed by atoms with van der Waals surface area (Å²) in [4.78, 5) is 0. The van der Waals surface area contributed by atoms with Crippen LogP contribution in [-0.4, -0.2) is 23.4 Å². The van der Waals surface area contributed by atoms with Gasteiger partial charge in [-0.25, -0.2) is 0 Å². The molecular formula is C14H23NO2. The van der Waals surface area contributed by atoms with Crippen molar-refractivity contribution >= 4 is 0 Å². The Balaban J connectivity index is 1.85. The number of methoxy groups -OCH3 is 1. The number of rotatable bonds is 6. The van der Waals surface area contributed by atoms with E-state index < -0.39 is 0 Å². The Labute approximate surface area is 103 Å². The molecule has 1 aliphatic carbocycles. The number of fused-ring (bicyclic) bond motifs is 1. The average molecular weight is 237 g/mol. The number of nitrogens with zero attached hydrogens (tertiary/aromatic N) is 1. The van der Waals surface area contributed by atoms with Crippen molar-refractivity contribution < 1.29 is 9.84 Å². The predicted molar refractivity (Wildman–Crippen MR) is 68.1 cm³/mol. The van der Waals surface area contributed by atoms with Gasteiger partial charge in [-0.15, -0.1) is 0 Å². The van der Waals surface area contributed by atoms with Crippen molar-refractivity contribution in [1.82, 2.24) is 4.57 Å². The number of aryl methyl sites for hydroxylation is 1. The van der Waals surface area contributed by atoms with Crippen LogP contribution in [0.5, 0.6) is 0 Å². The number of aromatic nitrogens is 1. The van der Waals surface area contributed by atoms with E-state index in [4.69, 9.17) is 4.74 Å². The molecule has 2 rings (SSSR count). The van der Waals surface area contributed by atoms with Crippen LogP contribution in [0.15, 0.2) is 12.3 Å². The van der Waals surface area contributed by atoms with Gasteiger partial charge in [0.05, 0.1) is 6.10 Å². The highest BCUT2D eigenvalue weighted by Crippen LogP contribution is 2.30. The van der Waals surface area contributed by atoms with E-state index in [1.54, 1.807) is 7.11 Å². The highest BCUT2D eigenvalue weighted by Gasteiger charge is 2.20. The Morgan fingerprint density at radius 3 is 3.12 bits per heavy atom. The van der Waals surface area contributed by atoms with Crippen LogP contribution in [0.2, 0.25) is 0 Å². The van der Waals surface area contributed by atoms with Crippen LogP contribution in [-0.2, 0) is 17.7 Å². The van der Waals surface area contributed by atoms with Gasteiger partial charge in [-0.3, -0.25) is 0 Å². The smallest absolute Gasteiger partial charge is 0.0807 e. The minimum Gasteiger partial charge on any atom is -0.388 e. The van der Waals surface area contributed by atoms with Crippen molar-refractivity contribution in [1.29, 1.82) is 0 Å². The maximum Gasteiger partial charge on any atom is 0.0807 e. The van der Waals surface area contributed by atoms with Gasteiger partial charge in [-0.05, 0) is 44.6 Å². The fourth-order valence-electron chi connectivity index (χ4n) is 2.65. The number of ether oxygens (including phenoxy) is 1. The fraction of sp³-hybridized carbons (Fsp3) is 0.714. The third-order valence-corrected chi connectivity index (χ3v) is 3.61. The van der Waals surface area contributed by atoms with E-state index >= 15 is 0 Å². The molecule has 0 aliphatic heterocycles. The number of hydrogen-bond donors (Lipinski definition) is 1. The van der Waals surface area contributed by atoms with E-state index in [0.717, 1.165) is 44.4 Å². The fourth-order valence-corrected chi connectivity index (χ4v) is 2.65. The molecule has 0 saturated carbocycles.